The molecule has 36 heavy (non-hydrogen) atoms. The van der Waals surface area contributed by atoms with Gasteiger partial charge in [0.15, 0.2) is 5.82 Å². The minimum atomic E-state index is -0.670. The van der Waals surface area contributed by atoms with Gasteiger partial charge in [-0.25, -0.2) is 19.3 Å². The van der Waals surface area contributed by atoms with Gasteiger partial charge in [-0.15, -0.1) is 0 Å². The zero-order valence-electron chi connectivity index (χ0n) is 19.3. The van der Waals surface area contributed by atoms with Crippen LogP contribution in [-0.4, -0.2) is 32.5 Å². The molecule has 1 amide bonds. The van der Waals surface area contributed by atoms with Gasteiger partial charge in [0.1, 0.15) is 10.9 Å². The number of halogens is 2. The van der Waals surface area contributed by atoms with Crippen molar-refractivity contribution in [1.29, 1.82) is 0 Å². The van der Waals surface area contributed by atoms with E-state index in [9.17, 15) is 9.18 Å². The number of carbonyl (C=O) groups is 1. The quantitative estimate of drug-likeness (QED) is 0.284. The number of benzene rings is 2. The molecule has 0 bridgehead atoms. The maximum absolute atomic E-state index is 14.8. The lowest BCUT2D eigenvalue weighted by molar-refractivity contribution is 0.102. The Labute approximate surface area is 210 Å². The van der Waals surface area contributed by atoms with Crippen LogP contribution in [0.2, 0.25) is 5.15 Å². The van der Waals surface area contributed by atoms with Gasteiger partial charge in [-0.3, -0.25) is 4.79 Å². The Kier molecular flexibility index (Phi) is 6.22. The van der Waals surface area contributed by atoms with E-state index in [-0.39, 0.29) is 28.1 Å². The number of amides is 1. The minimum Gasteiger partial charge on any atom is -0.494 e. The van der Waals surface area contributed by atoms with Gasteiger partial charge in [-0.1, -0.05) is 29.8 Å². The summed E-state index contributed by atoms with van der Waals surface area (Å²) in [6.07, 6.45) is 5.04. The van der Waals surface area contributed by atoms with Crippen molar-refractivity contribution in [3.05, 3.63) is 89.7 Å². The summed E-state index contributed by atoms with van der Waals surface area (Å²) >= 11 is 5.86. The number of aryl methyl sites for hydroxylation is 1. The summed E-state index contributed by atoms with van der Waals surface area (Å²) in [6, 6.07) is 15.3. The van der Waals surface area contributed by atoms with E-state index < -0.39 is 11.7 Å². The van der Waals surface area contributed by atoms with Crippen molar-refractivity contribution in [2.45, 2.75) is 0 Å². The predicted molar refractivity (Wildman–Crippen MR) is 137 cm³/mol. The zero-order chi connectivity index (χ0) is 25.2. The van der Waals surface area contributed by atoms with Crippen molar-refractivity contribution in [1.82, 2.24) is 19.5 Å². The van der Waals surface area contributed by atoms with Crippen LogP contribution in [0, 0.1) is 5.82 Å². The summed E-state index contributed by atoms with van der Waals surface area (Å²) in [6.45, 7) is 0. The average Bonchev–Trinajstić information content (AvgIpc) is 3.22. The normalized spacial score (nSPS) is 10.9. The minimum absolute atomic E-state index is 0.0542. The zero-order valence-corrected chi connectivity index (χ0v) is 20.0. The van der Waals surface area contributed by atoms with Crippen LogP contribution in [0.3, 0.4) is 0 Å². The highest BCUT2D eigenvalue weighted by Gasteiger charge is 2.16. The summed E-state index contributed by atoms with van der Waals surface area (Å²) < 4.78 is 22.1. The number of hydrogen-bond donors (Lipinski definition) is 2. The molecular formula is C26H20ClFN6O2. The van der Waals surface area contributed by atoms with Crippen LogP contribution in [0.4, 0.5) is 21.7 Å². The van der Waals surface area contributed by atoms with Crippen LogP contribution < -0.4 is 15.4 Å². The molecule has 2 aromatic carbocycles. The number of aromatic nitrogens is 4. The molecule has 0 saturated heterocycles. The van der Waals surface area contributed by atoms with Crippen molar-refractivity contribution in [3.8, 4) is 17.0 Å². The van der Waals surface area contributed by atoms with E-state index in [2.05, 4.69) is 25.6 Å². The van der Waals surface area contributed by atoms with Crippen LogP contribution in [0.1, 0.15) is 10.4 Å². The molecule has 0 aliphatic rings. The van der Waals surface area contributed by atoms with Gasteiger partial charge in [-0.2, -0.15) is 0 Å². The molecule has 2 N–H and O–H groups in total. The highest BCUT2D eigenvalue weighted by Crippen LogP contribution is 2.34. The summed E-state index contributed by atoms with van der Waals surface area (Å²) in [7, 11) is 3.40. The first-order chi connectivity index (χ1) is 17.4. The second-order valence-electron chi connectivity index (χ2n) is 7.92. The summed E-state index contributed by atoms with van der Waals surface area (Å²) in [5.74, 6) is -0.708. The second kappa shape index (κ2) is 9.63. The number of ether oxygens (including phenoxy) is 1. The van der Waals surface area contributed by atoms with Crippen molar-refractivity contribution in [2.75, 3.05) is 17.7 Å². The lowest BCUT2D eigenvalue weighted by atomic mass is 10.1. The maximum Gasteiger partial charge on any atom is 0.255 e. The van der Waals surface area contributed by atoms with Gasteiger partial charge < -0.3 is 19.9 Å². The maximum atomic E-state index is 14.8. The SMILES string of the molecule is COc1cc(F)c(NC(=O)c2ccnc(Cl)c2)cc1Nc1nccc(-c2cn(C)c3ccccc23)n1. The summed E-state index contributed by atoms with van der Waals surface area (Å²) in [4.78, 5) is 25.4. The van der Waals surface area contributed by atoms with Gasteiger partial charge >= 0.3 is 0 Å². The van der Waals surface area contributed by atoms with Gasteiger partial charge in [0, 0.05) is 53.7 Å². The molecule has 10 heteroatoms. The van der Waals surface area contributed by atoms with Crippen molar-refractivity contribution in [3.63, 3.8) is 0 Å². The molecular weight excluding hydrogens is 483 g/mol. The number of hydrogen-bond acceptors (Lipinski definition) is 6. The number of nitrogens with one attached hydrogen (secondary N) is 2. The Hall–Kier alpha value is -4.50. The Morgan fingerprint density at radius 3 is 2.67 bits per heavy atom. The Balaban J connectivity index is 1.46. The molecule has 0 fully saturated rings. The number of fused-ring (bicyclic) bond motifs is 1. The molecule has 0 saturated carbocycles. The fourth-order valence-corrected chi connectivity index (χ4v) is 4.06. The summed E-state index contributed by atoms with van der Waals surface area (Å²) in [5, 5.41) is 6.84. The molecule has 5 aromatic rings. The lowest BCUT2D eigenvalue weighted by Gasteiger charge is -2.14. The smallest absolute Gasteiger partial charge is 0.255 e. The van der Waals surface area contributed by atoms with E-state index in [4.69, 9.17) is 16.3 Å². The third-order valence-corrected chi connectivity index (χ3v) is 5.81. The molecule has 0 spiro atoms. The topological polar surface area (TPSA) is 94.0 Å². The van der Waals surface area contributed by atoms with Crippen molar-refractivity contribution >= 4 is 45.7 Å². The van der Waals surface area contributed by atoms with E-state index in [1.807, 2.05) is 48.1 Å². The largest absolute Gasteiger partial charge is 0.494 e. The van der Waals surface area contributed by atoms with E-state index >= 15 is 0 Å². The van der Waals surface area contributed by atoms with Crippen LogP contribution >= 0.6 is 11.6 Å². The molecule has 180 valence electrons. The fourth-order valence-electron chi connectivity index (χ4n) is 3.89. The molecule has 3 aromatic heterocycles. The number of para-hydroxylation sites is 1. The van der Waals surface area contributed by atoms with E-state index in [1.54, 1.807) is 6.20 Å². The number of rotatable bonds is 6. The number of nitrogens with zero attached hydrogens (tertiary/aromatic N) is 4. The molecule has 3 heterocycles. The first-order valence-electron chi connectivity index (χ1n) is 10.9. The van der Waals surface area contributed by atoms with Gasteiger partial charge in [0.2, 0.25) is 5.95 Å². The Morgan fingerprint density at radius 2 is 1.86 bits per heavy atom. The Bertz CT molecular complexity index is 1600. The second-order valence-corrected chi connectivity index (χ2v) is 8.30. The third kappa shape index (κ3) is 4.56. The van der Waals surface area contributed by atoms with Crippen LogP contribution in [-0.2, 0) is 7.05 Å². The van der Waals surface area contributed by atoms with E-state index in [1.165, 1.54) is 37.6 Å². The fraction of sp³-hybridized carbons (Fsp3) is 0.0769. The number of methoxy groups -OCH3 is 1. The van der Waals surface area contributed by atoms with Crippen LogP contribution in [0.15, 0.2) is 73.2 Å². The molecule has 0 radical (unpaired) electrons. The molecule has 0 atom stereocenters. The van der Waals surface area contributed by atoms with Gasteiger partial charge in [-0.05, 0) is 30.3 Å². The molecule has 0 aliphatic heterocycles. The van der Waals surface area contributed by atoms with Crippen LogP contribution in [0.5, 0.6) is 5.75 Å². The third-order valence-electron chi connectivity index (χ3n) is 5.60. The van der Waals surface area contributed by atoms with Crippen molar-refractivity contribution < 1.29 is 13.9 Å². The number of carbonyl (C=O) groups excluding carboxylic acids is 1. The van der Waals surface area contributed by atoms with E-state index in [0.717, 1.165) is 16.5 Å². The van der Waals surface area contributed by atoms with Gasteiger partial charge in [0.05, 0.1) is 24.2 Å². The summed E-state index contributed by atoms with van der Waals surface area (Å²) in [5.41, 5.74) is 3.31. The predicted octanol–water partition coefficient (Wildman–Crippen LogP) is 5.83. The monoisotopic (exact) mass is 502 g/mol. The molecule has 8 nitrogen and oxygen atoms in total. The molecule has 0 unspecified atom stereocenters. The van der Waals surface area contributed by atoms with E-state index in [0.29, 0.717) is 11.4 Å². The number of pyridine rings is 1. The first-order valence-corrected chi connectivity index (χ1v) is 11.3. The molecule has 0 aliphatic carbocycles. The van der Waals surface area contributed by atoms with Gasteiger partial charge in [0.25, 0.3) is 5.91 Å². The number of anilines is 3. The highest BCUT2D eigenvalue weighted by molar-refractivity contribution is 6.29. The lowest BCUT2D eigenvalue weighted by Crippen LogP contribution is -2.13. The average molecular weight is 503 g/mol. The van der Waals surface area contributed by atoms with Crippen molar-refractivity contribution in [2.24, 2.45) is 7.05 Å². The van der Waals surface area contributed by atoms with Crippen LogP contribution in [0.25, 0.3) is 22.2 Å². The highest BCUT2D eigenvalue weighted by atomic mass is 35.5. The standard InChI is InChI=1S/C26H20ClFN6O2/c1-34-14-17(16-5-3-4-6-22(16)34)19-8-10-30-26(32-19)33-21-13-20(18(28)12-23(21)36-2)31-25(35)15-7-9-29-24(27)11-15/h3-14H,1-2H3,(H,31,35)(H,30,32,33). The first kappa shape index (κ1) is 23.3. The Morgan fingerprint density at radius 1 is 1.06 bits per heavy atom. The molecule has 5 rings (SSSR count).